The summed E-state index contributed by atoms with van der Waals surface area (Å²) < 4.78 is 6.07. The van der Waals surface area contributed by atoms with Crippen LogP contribution < -0.4 is 4.74 Å². The number of aromatic nitrogens is 1. The Hall–Kier alpha value is -0.570. The minimum Gasteiger partial charge on any atom is -0.481 e. The lowest BCUT2D eigenvalue weighted by atomic mass is 10.2. The van der Waals surface area contributed by atoms with E-state index in [1.807, 2.05) is 13.8 Å². The minimum atomic E-state index is 0. The van der Waals surface area contributed by atoms with Crippen LogP contribution in [-0.2, 0) is 0 Å². The van der Waals surface area contributed by atoms with E-state index in [0.29, 0.717) is 5.88 Å². The van der Waals surface area contributed by atoms with E-state index in [-0.39, 0.29) is 7.43 Å². The largest absolute Gasteiger partial charge is 0.481 e. The zero-order chi connectivity index (χ0) is 8.43. The average molecular weight is 232 g/mol. The summed E-state index contributed by atoms with van der Waals surface area (Å²) in [7, 11) is 1.63. The molecule has 0 N–H and O–H groups in total. The molecule has 0 aliphatic carbocycles. The van der Waals surface area contributed by atoms with Gasteiger partial charge in [0, 0.05) is 16.2 Å². The molecule has 1 aromatic rings. The van der Waals surface area contributed by atoms with Crippen molar-refractivity contribution < 1.29 is 4.74 Å². The molecule has 0 spiro atoms. The average Bonchev–Trinajstić information content (AvgIpc) is 2.01. The molecule has 0 amide bonds. The van der Waals surface area contributed by atoms with Crippen LogP contribution in [0.3, 0.4) is 0 Å². The molecule has 0 saturated heterocycles. The van der Waals surface area contributed by atoms with E-state index in [0.717, 1.165) is 10.0 Å². The van der Waals surface area contributed by atoms with E-state index < -0.39 is 0 Å². The highest BCUT2D eigenvalue weighted by Crippen LogP contribution is 2.24. The molecule has 2 nitrogen and oxygen atoms in total. The maximum absolute atomic E-state index is 5.05. The molecule has 12 heavy (non-hydrogen) atoms. The Kier molecular flexibility index (Phi) is 4.24. The van der Waals surface area contributed by atoms with Crippen molar-refractivity contribution in [3.8, 4) is 5.88 Å². The molecule has 3 heteroatoms. The molecular weight excluding hydrogens is 218 g/mol. The lowest BCUT2D eigenvalue weighted by Gasteiger charge is -2.06. The van der Waals surface area contributed by atoms with Crippen LogP contribution in [0.25, 0.3) is 0 Å². The number of ether oxygens (including phenoxy) is 1. The molecule has 0 atom stereocenters. The molecular formula is C9H14BrNO. The number of halogens is 1. The number of nitrogens with zero attached hydrogens (tertiary/aromatic N) is 1. The lowest BCUT2D eigenvalue weighted by molar-refractivity contribution is 0.394. The van der Waals surface area contributed by atoms with Gasteiger partial charge in [0.25, 0.3) is 0 Å². The predicted molar refractivity (Wildman–Crippen MR) is 54.7 cm³/mol. The Morgan fingerprint density at radius 3 is 2.42 bits per heavy atom. The molecule has 0 radical (unpaired) electrons. The maximum Gasteiger partial charge on any atom is 0.216 e. The lowest BCUT2D eigenvalue weighted by Crippen LogP contribution is -1.93. The molecule has 1 rings (SSSR count). The number of methoxy groups -OCH3 is 1. The smallest absolute Gasteiger partial charge is 0.216 e. The molecule has 0 aliphatic heterocycles. The van der Waals surface area contributed by atoms with Crippen LogP contribution in [0.4, 0.5) is 0 Å². The molecule has 1 heterocycles. The summed E-state index contributed by atoms with van der Waals surface area (Å²) in [5.74, 6) is 0.700. The Labute approximate surface area is 82.1 Å². The molecule has 0 bridgehead atoms. The van der Waals surface area contributed by atoms with Crippen molar-refractivity contribution >= 4 is 15.9 Å². The topological polar surface area (TPSA) is 22.1 Å². The second-order valence-corrected chi connectivity index (χ2v) is 3.22. The molecule has 0 aromatic carbocycles. The van der Waals surface area contributed by atoms with Gasteiger partial charge in [-0.25, -0.2) is 4.98 Å². The van der Waals surface area contributed by atoms with Gasteiger partial charge in [0.1, 0.15) is 0 Å². The summed E-state index contributed by atoms with van der Waals surface area (Å²) >= 11 is 3.39. The van der Waals surface area contributed by atoms with Gasteiger partial charge in [-0.15, -0.1) is 0 Å². The Morgan fingerprint density at radius 1 is 1.33 bits per heavy atom. The van der Waals surface area contributed by atoms with Gasteiger partial charge in [0.05, 0.1) is 7.11 Å². The third-order valence-corrected chi connectivity index (χ3v) is 2.53. The van der Waals surface area contributed by atoms with E-state index in [2.05, 4.69) is 20.9 Å². The predicted octanol–water partition coefficient (Wildman–Crippen LogP) is 3.11. The summed E-state index contributed by atoms with van der Waals surface area (Å²) in [6.45, 7) is 4.02. The van der Waals surface area contributed by atoms with Crippen molar-refractivity contribution in [2.75, 3.05) is 7.11 Å². The molecule has 1 aromatic heterocycles. The first-order valence-electron chi connectivity index (χ1n) is 3.32. The Morgan fingerprint density at radius 2 is 1.92 bits per heavy atom. The minimum absolute atomic E-state index is 0. The van der Waals surface area contributed by atoms with Gasteiger partial charge in [-0.2, -0.15) is 0 Å². The van der Waals surface area contributed by atoms with Gasteiger partial charge in [0.2, 0.25) is 5.88 Å². The second kappa shape index (κ2) is 4.45. The Bertz CT molecular complexity index is 273. The summed E-state index contributed by atoms with van der Waals surface area (Å²) in [4.78, 5) is 4.09. The molecule has 0 saturated carbocycles. The van der Waals surface area contributed by atoms with Crippen LogP contribution in [0, 0.1) is 13.8 Å². The summed E-state index contributed by atoms with van der Waals surface area (Å²) in [5.41, 5.74) is 2.26. The van der Waals surface area contributed by atoms with Crippen molar-refractivity contribution in [3.05, 3.63) is 21.8 Å². The van der Waals surface area contributed by atoms with Crippen molar-refractivity contribution in [1.29, 1.82) is 0 Å². The van der Waals surface area contributed by atoms with E-state index in [1.165, 1.54) is 5.56 Å². The molecule has 0 aliphatic rings. The quantitative estimate of drug-likeness (QED) is 0.742. The highest BCUT2D eigenvalue weighted by atomic mass is 79.9. The number of hydrogen-bond acceptors (Lipinski definition) is 2. The van der Waals surface area contributed by atoms with Gasteiger partial charge in [0.15, 0.2) is 0 Å². The fraction of sp³-hybridized carbons (Fsp3) is 0.444. The van der Waals surface area contributed by atoms with Crippen LogP contribution in [-0.4, -0.2) is 12.1 Å². The van der Waals surface area contributed by atoms with Crippen molar-refractivity contribution in [2.24, 2.45) is 0 Å². The van der Waals surface area contributed by atoms with Gasteiger partial charge < -0.3 is 4.74 Å². The van der Waals surface area contributed by atoms with E-state index >= 15 is 0 Å². The third-order valence-electron chi connectivity index (χ3n) is 1.73. The number of rotatable bonds is 1. The van der Waals surface area contributed by atoms with Gasteiger partial charge in [-0.05, 0) is 35.3 Å². The third kappa shape index (κ3) is 1.97. The normalized spacial score (nSPS) is 9.00. The van der Waals surface area contributed by atoms with Crippen molar-refractivity contribution in [3.63, 3.8) is 0 Å². The second-order valence-electron chi connectivity index (χ2n) is 2.37. The SMILES string of the molecule is C.COc1ncc(Br)c(C)c1C. The maximum atomic E-state index is 5.05. The molecule has 0 fully saturated rings. The van der Waals surface area contributed by atoms with E-state index in [9.17, 15) is 0 Å². The monoisotopic (exact) mass is 231 g/mol. The van der Waals surface area contributed by atoms with Crippen LogP contribution in [0.5, 0.6) is 5.88 Å². The summed E-state index contributed by atoms with van der Waals surface area (Å²) in [6.07, 6.45) is 1.75. The van der Waals surface area contributed by atoms with E-state index in [1.54, 1.807) is 13.3 Å². The zero-order valence-electron chi connectivity index (χ0n) is 6.81. The number of hydrogen-bond donors (Lipinski definition) is 0. The highest BCUT2D eigenvalue weighted by Gasteiger charge is 2.04. The molecule has 68 valence electrons. The first-order chi connectivity index (χ1) is 5.16. The highest BCUT2D eigenvalue weighted by molar-refractivity contribution is 9.10. The fourth-order valence-corrected chi connectivity index (χ4v) is 1.25. The van der Waals surface area contributed by atoms with Gasteiger partial charge in [-0.3, -0.25) is 0 Å². The Balaban J connectivity index is 0.00000121. The first kappa shape index (κ1) is 11.4. The van der Waals surface area contributed by atoms with Crippen LogP contribution >= 0.6 is 15.9 Å². The van der Waals surface area contributed by atoms with Crippen LogP contribution in [0.15, 0.2) is 10.7 Å². The van der Waals surface area contributed by atoms with Crippen molar-refractivity contribution in [2.45, 2.75) is 21.3 Å². The van der Waals surface area contributed by atoms with Crippen LogP contribution in [0.2, 0.25) is 0 Å². The molecule has 0 unspecified atom stereocenters. The zero-order valence-corrected chi connectivity index (χ0v) is 8.40. The number of pyridine rings is 1. The van der Waals surface area contributed by atoms with Crippen molar-refractivity contribution in [1.82, 2.24) is 4.98 Å². The van der Waals surface area contributed by atoms with E-state index in [4.69, 9.17) is 4.74 Å². The summed E-state index contributed by atoms with van der Waals surface area (Å²) in [5, 5.41) is 0. The fourth-order valence-electron chi connectivity index (χ4n) is 0.854. The van der Waals surface area contributed by atoms with Gasteiger partial charge in [-0.1, -0.05) is 7.43 Å². The van der Waals surface area contributed by atoms with Gasteiger partial charge >= 0.3 is 0 Å². The van der Waals surface area contributed by atoms with Crippen LogP contribution in [0.1, 0.15) is 18.6 Å². The standard InChI is InChI=1S/C8H10BrNO.CH4/c1-5-6(2)8(11-3)10-4-7(5)9;/h4H,1-3H3;1H4. The first-order valence-corrected chi connectivity index (χ1v) is 4.11. The summed E-state index contributed by atoms with van der Waals surface area (Å²) in [6, 6.07) is 0.